The van der Waals surface area contributed by atoms with Crippen molar-refractivity contribution in [1.82, 2.24) is 0 Å². The van der Waals surface area contributed by atoms with Crippen LogP contribution in [0, 0.1) is 11.3 Å². The molecule has 0 saturated heterocycles. The molecule has 1 aromatic carbocycles. The first-order valence-corrected chi connectivity index (χ1v) is 4.35. The maximum absolute atomic E-state index is 11.1. The van der Waals surface area contributed by atoms with Crippen LogP contribution in [-0.2, 0) is 0 Å². The van der Waals surface area contributed by atoms with E-state index in [1.54, 1.807) is 6.07 Å². The number of Topliss-reactive ketones (excluding diaryl/α,β-unsaturated/α-hetero) is 1. The maximum Gasteiger partial charge on any atom is 0.162 e. The minimum atomic E-state index is -0.150. The van der Waals surface area contributed by atoms with Crippen LogP contribution in [0.3, 0.4) is 0 Å². The molecule has 0 aliphatic heterocycles. The first kappa shape index (κ1) is 9.75. The molecule has 0 spiro atoms. The lowest BCUT2D eigenvalue weighted by atomic mass is 10.0. The van der Waals surface area contributed by atoms with Crippen LogP contribution in [0.15, 0.2) is 16.6 Å². The van der Waals surface area contributed by atoms with Crippen molar-refractivity contribution < 1.29 is 4.79 Å². The molecule has 0 fully saturated rings. The molecule has 0 heterocycles. The Kier molecular flexibility index (Phi) is 2.69. The van der Waals surface area contributed by atoms with Crippen LogP contribution in [0.2, 0.25) is 0 Å². The lowest BCUT2D eigenvalue weighted by molar-refractivity contribution is 0.101. The lowest BCUT2D eigenvalue weighted by Crippen LogP contribution is -2.00. The van der Waals surface area contributed by atoms with Gasteiger partial charge in [0, 0.05) is 15.7 Å². The summed E-state index contributed by atoms with van der Waals surface area (Å²) in [6, 6.07) is 5.02. The van der Waals surface area contributed by atoms with Gasteiger partial charge in [-0.15, -0.1) is 0 Å². The van der Waals surface area contributed by atoms with Crippen LogP contribution in [-0.4, -0.2) is 5.78 Å². The van der Waals surface area contributed by atoms with Crippen molar-refractivity contribution in [2.24, 2.45) is 0 Å². The van der Waals surface area contributed by atoms with Gasteiger partial charge in [0.05, 0.1) is 11.6 Å². The van der Waals surface area contributed by atoms with E-state index in [1.807, 2.05) is 6.07 Å². The molecular weight excluding hydrogens is 232 g/mol. The van der Waals surface area contributed by atoms with Crippen LogP contribution >= 0.6 is 15.9 Å². The molecule has 13 heavy (non-hydrogen) atoms. The highest BCUT2D eigenvalue weighted by Gasteiger charge is 2.11. The number of ketones is 1. The fourth-order valence-corrected chi connectivity index (χ4v) is 1.83. The van der Waals surface area contributed by atoms with E-state index in [4.69, 9.17) is 11.0 Å². The zero-order valence-electron chi connectivity index (χ0n) is 6.97. The molecule has 0 atom stereocenters. The van der Waals surface area contributed by atoms with Gasteiger partial charge in [-0.1, -0.05) is 0 Å². The van der Waals surface area contributed by atoms with Crippen LogP contribution in [0.5, 0.6) is 0 Å². The van der Waals surface area contributed by atoms with Crippen LogP contribution in [0.4, 0.5) is 5.69 Å². The van der Waals surface area contributed by atoms with Gasteiger partial charge >= 0.3 is 0 Å². The second kappa shape index (κ2) is 3.58. The van der Waals surface area contributed by atoms with Gasteiger partial charge in [-0.05, 0) is 35.0 Å². The number of benzene rings is 1. The van der Waals surface area contributed by atoms with Gasteiger partial charge < -0.3 is 5.73 Å². The summed E-state index contributed by atoms with van der Waals surface area (Å²) in [5.41, 5.74) is 6.67. The molecule has 66 valence electrons. The summed E-state index contributed by atoms with van der Waals surface area (Å²) in [6.45, 7) is 1.41. The number of nitrogens with two attached hydrogens (primary N) is 1. The van der Waals surface area contributed by atoms with Gasteiger partial charge in [-0.2, -0.15) is 5.26 Å². The van der Waals surface area contributed by atoms with Gasteiger partial charge in [0.2, 0.25) is 0 Å². The number of anilines is 1. The van der Waals surface area contributed by atoms with E-state index in [-0.39, 0.29) is 5.78 Å². The average Bonchev–Trinajstić information content (AvgIpc) is 2.01. The fraction of sp³-hybridized carbons (Fsp3) is 0.111. The third-order valence-electron chi connectivity index (χ3n) is 1.59. The molecule has 0 unspecified atom stereocenters. The van der Waals surface area contributed by atoms with E-state index >= 15 is 0 Å². The van der Waals surface area contributed by atoms with Gasteiger partial charge in [-0.25, -0.2) is 0 Å². The van der Waals surface area contributed by atoms with E-state index in [1.165, 1.54) is 13.0 Å². The number of nitrogen functional groups attached to an aromatic ring is 1. The molecule has 0 amide bonds. The number of hydrogen-bond donors (Lipinski definition) is 1. The zero-order valence-corrected chi connectivity index (χ0v) is 8.55. The van der Waals surface area contributed by atoms with Crippen LogP contribution in [0.25, 0.3) is 0 Å². The van der Waals surface area contributed by atoms with Crippen molar-refractivity contribution in [2.75, 3.05) is 5.73 Å². The summed E-state index contributed by atoms with van der Waals surface area (Å²) in [5.74, 6) is -0.150. The highest BCUT2D eigenvalue weighted by molar-refractivity contribution is 9.10. The molecule has 3 nitrogen and oxygen atoms in total. The molecule has 0 radical (unpaired) electrons. The van der Waals surface area contributed by atoms with Crippen molar-refractivity contribution in [3.05, 3.63) is 27.7 Å². The van der Waals surface area contributed by atoms with E-state index in [0.717, 1.165) is 0 Å². The van der Waals surface area contributed by atoms with E-state index in [0.29, 0.717) is 21.3 Å². The summed E-state index contributed by atoms with van der Waals surface area (Å²) < 4.78 is 0.566. The van der Waals surface area contributed by atoms with Crippen molar-refractivity contribution in [1.29, 1.82) is 5.26 Å². The quantitative estimate of drug-likeness (QED) is 0.602. The number of nitrogens with zero attached hydrogens (tertiary/aromatic N) is 1. The largest absolute Gasteiger partial charge is 0.399 e. The third kappa shape index (κ3) is 1.87. The number of carbonyl (C=O) groups excluding carboxylic acids is 1. The Morgan fingerprint density at radius 2 is 2.23 bits per heavy atom. The molecule has 1 aromatic rings. The van der Waals surface area contributed by atoms with Crippen LogP contribution in [0.1, 0.15) is 22.8 Å². The molecule has 2 N–H and O–H groups in total. The molecule has 0 aliphatic carbocycles. The van der Waals surface area contributed by atoms with Crippen molar-refractivity contribution in [3.63, 3.8) is 0 Å². The molecular formula is C9H7BrN2O. The lowest BCUT2D eigenvalue weighted by Gasteiger charge is -2.03. The minimum Gasteiger partial charge on any atom is -0.399 e. The smallest absolute Gasteiger partial charge is 0.162 e. The number of nitriles is 1. The van der Waals surface area contributed by atoms with Crippen molar-refractivity contribution >= 4 is 27.4 Å². The highest BCUT2D eigenvalue weighted by Crippen LogP contribution is 2.24. The standard InChI is InChI=1S/C9H7BrN2O/c1-5(13)9-6(4-11)2-7(12)3-8(9)10/h2-3H,12H2,1H3. The summed E-state index contributed by atoms with van der Waals surface area (Å²) in [6.07, 6.45) is 0. The third-order valence-corrected chi connectivity index (χ3v) is 2.21. The SMILES string of the molecule is CC(=O)c1c(Br)cc(N)cc1C#N. The van der Waals surface area contributed by atoms with Gasteiger partial charge in [0.25, 0.3) is 0 Å². The van der Waals surface area contributed by atoms with Crippen LogP contribution < -0.4 is 5.73 Å². The van der Waals surface area contributed by atoms with Gasteiger partial charge in [0.1, 0.15) is 0 Å². The molecule has 1 rings (SSSR count). The minimum absolute atomic E-state index is 0.150. The summed E-state index contributed by atoms with van der Waals surface area (Å²) >= 11 is 3.19. The summed E-state index contributed by atoms with van der Waals surface area (Å²) in [7, 11) is 0. The number of rotatable bonds is 1. The predicted molar refractivity (Wildman–Crippen MR) is 53.3 cm³/mol. The molecule has 0 saturated carbocycles. The monoisotopic (exact) mass is 238 g/mol. The Hall–Kier alpha value is -1.34. The molecule has 0 bridgehead atoms. The van der Waals surface area contributed by atoms with Gasteiger partial charge in [0.15, 0.2) is 5.78 Å². The first-order chi connectivity index (χ1) is 6.06. The predicted octanol–water partition coefficient (Wildman–Crippen LogP) is 2.11. The number of halogens is 1. The van der Waals surface area contributed by atoms with E-state index in [9.17, 15) is 4.79 Å². The molecule has 4 heteroatoms. The zero-order chi connectivity index (χ0) is 10.0. The Bertz CT molecular complexity index is 407. The highest BCUT2D eigenvalue weighted by atomic mass is 79.9. The number of carbonyl (C=O) groups is 1. The second-order valence-electron chi connectivity index (χ2n) is 2.59. The summed E-state index contributed by atoms with van der Waals surface area (Å²) in [5, 5.41) is 8.74. The Morgan fingerprint density at radius 3 is 2.69 bits per heavy atom. The first-order valence-electron chi connectivity index (χ1n) is 3.56. The van der Waals surface area contributed by atoms with Gasteiger partial charge in [-0.3, -0.25) is 4.79 Å². The molecule has 0 aromatic heterocycles. The maximum atomic E-state index is 11.1. The van der Waals surface area contributed by atoms with E-state index < -0.39 is 0 Å². The fourth-order valence-electron chi connectivity index (χ4n) is 1.07. The second-order valence-corrected chi connectivity index (χ2v) is 3.45. The normalized spacial score (nSPS) is 9.31. The Morgan fingerprint density at radius 1 is 1.62 bits per heavy atom. The molecule has 0 aliphatic rings. The van der Waals surface area contributed by atoms with E-state index in [2.05, 4.69) is 15.9 Å². The average molecular weight is 239 g/mol. The topological polar surface area (TPSA) is 66.9 Å². The van der Waals surface area contributed by atoms with Crippen molar-refractivity contribution in [3.8, 4) is 6.07 Å². The van der Waals surface area contributed by atoms with Crippen molar-refractivity contribution in [2.45, 2.75) is 6.92 Å². The Labute approximate surface area is 84.3 Å². The Balaban J connectivity index is 3.50. The summed E-state index contributed by atoms with van der Waals surface area (Å²) in [4.78, 5) is 11.1. The number of hydrogen-bond acceptors (Lipinski definition) is 3.